The second-order valence-electron chi connectivity index (χ2n) is 3.26. The van der Waals surface area contributed by atoms with Crippen LogP contribution >= 0.6 is 0 Å². The Kier molecular flexibility index (Phi) is 5.99. The maximum Gasteiger partial charge on any atom is 0.233 e. The molecule has 0 bridgehead atoms. The highest BCUT2D eigenvalue weighted by atomic mass is 16.5. The number of aliphatic imine (C=N–C) groups is 1. The normalized spacial score (nSPS) is 13.2. The second-order valence-corrected chi connectivity index (χ2v) is 3.26. The number of rotatable bonds is 4. The summed E-state index contributed by atoms with van der Waals surface area (Å²) in [5.41, 5.74) is 0.774. The fraction of sp³-hybridized carbons (Fsp3) is 0.583. The van der Waals surface area contributed by atoms with E-state index in [0.29, 0.717) is 12.5 Å². The molecule has 1 aromatic heterocycles. The largest absolute Gasteiger partial charge is 0.477 e. The van der Waals surface area contributed by atoms with E-state index in [1.807, 2.05) is 26.0 Å². The van der Waals surface area contributed by atoms with Crippen LogP contribution in [0.15, 0.2) is 17.1 Å². The highest BCUT2D eigenvalue weighted by molar-refractivity contribution is 5.97. The molecule has 0 saturated heterocycles. The lowest BCUT2D eigenvalue weighted by atomic mass is 10.3. The molecule has 0 amide bonds. The molecule has 5 nitrogen and oxygen atoms in total. The van der Waals surface area contributed by atoms with Crippen LogP contribution in [-0.2, 0) is 0 Å². The van der Waals surface area contributed by atoms with Crippen molar-refractivity contribution in [2.45, 2.75) is 27.2 Å². The Labute approximate surface area is 102 Å². The molecule has 0 unspecified atom stereocenters. The molecule has 0 aromatic carbocycles. The van der Waals surface area contributed by atoms with Crippen molar-refractivity contribution in [2.24, 2.45) is 4.99 Å². The van der Waals surface area contributed by atoms with Crippen molar-refractivity contribution < 1.29 is 4.74 Å². The number of ether oxygens (including phenoxy) is 1. The molecule has 17 heavy (non-hydrogen) atoms. The maximum absolute atomic E-state index is 5.34. The zero-order valence-corrected chi connectivity index (χ0v) is 10.7. The molecule has 1 aliphatic rings. The van der Waals surface area contributed by atoms with Gasteiger partial charge < -0.3 is 10.1 Å². The molecule has 1 N–H and O–H groups in total. The summed E-state index contributed by atoms with van der Waals surface area (Å²) in [4.78, 5) is 4.26. The van der Waals surface area contributed by atoms with Crippen LogP contribution in [0.3, 0.4) is 0 Å². The molecule has 94 valence electrons. The van der Waals surface area contributed by atoms with E-state index < -0.39 is 0 Å². The van der Waals surface area contributed by atoms with Gasteiger partial charge in [0.25, 0.3) is 0 Å². The number of hydrogen-bond acceptors (Lipinski definition) is 5. The van der Waals surface area contributed by atoms with E-state index in [9.17, 15) is 0 Å². The summed E-state index contributed by atoms with van der Waals surface area (Å²) in [5.74, 6) is 1.39. The topological polar surface area (TPSA) is 59.4 Å². The van der Waals surface area contributed by atoms with Gasteiger partial charge in [-0.15, -0.1) is 10.2 Å². The zero-order valence-electron chi connectivity index (χ0n) is 10.7. The van der Waals surface area contributed by atoms with Crippen LogP contribution in [0.4, 0.5) is 0 Å². The average molecular weight is 236 g/mol. The minimum Gasteiger partial charge on any atom is -0.477 e. The van der Waals surface area contributed by atoms with E-state index in [0.717, 1.165) is 31.0 Å². The predicted octanol–water partition coefficient (Wildman–Crippen LogP) is 1.64. The molecular formula is C12H20N4O. The van der Waals surface area contributed by atoms with Crippen LogP contribution in [0.2, 0.25) is 0 Å². The summed E-state index contributed by atoms with van der Waals surface area (Å²) in [5, 5.41) is 11.2. The summed E-state index contributed by atoms with van der Waals surface area (Å²) in [6.07, 6.45) is 0.970. The SMILES string of the molecule is CC.CCCOc1ccc(C2=NCCN2)nn1. The van der Waals surface area contributed by atoms with E-state index in [1.54, 1.807) is 0 Å². The van der Waals surface area contributed by atoms with Gasteiger partial charge in [0.2, 0.25) is 5.88 Å². The van der Waals surface area contributed by atoms with Gasteiger partial charge in [0.15, 0.2) is 0 Å². The predicted molar refractivity (Wildman–Crippen MR) is 68.6 cm³/mol. The molecule has 0 aliphatic carbocycles. The third-order valence-corrected chi connectivity index (χ3v) is 2.01. The van der Waals surface area contributed by atoms with Crippen LogP contribution in [0.1, 0.15) is 32.9 Å². The lowest BCUT2D eigenvalue weighted by Crippen LogP contribution is -2.21. The van der Waals surface area contributed by atoms with Gasteiger partial charge in [-0.05, 0) is 12.5 Å². The Hall–Kier alpha value is -1.65. The van der Waals surface area contributed by atoms with Crippen molar-refractivity contribution in [3.63, 3.8) is 0 Å². The first kappa shape index (κ1) is 13.4. The molecule has 5 heteroatoms. The lowest BCUT2D eigenvalue weighted by molar-refractivity contribution is 0.301. The van der Waals surface area contributed by atoms with Crippen LogP contribution < -0.4 is 10.1 Å². The number of amidine groups is 1. The van der Waals surface area contributed by atoms with Gasteiger partial charge in [-0.2, -0.15) is 0 Å². The van der Waals surface area contributed by atoms with Gasteiger partial charge in [-0.3, -0.25) is 4.99 Å². The molecular weight excluding hydrogens is 216 g/mol. The van der Waals surface area contributed by atoms with E-state index in [2.05, 4.69) is 27.4 Å². The second kappa shape index (κ2) is 7.60. The van der Waals surface area contributed by atoms with Crippen molar-refractivity contribution >= 4 is 5.84 Å². The van der Waals surface area contributed by atoms with Crippen LogP contribution in [-0.4, -0.2) is 35.7 Å². The first-order valence-corrected chi connectivity index (χ1v) is 6.15. The van der Waals surface area contributed by atoms with Gasteiger partial charge in [0.1, 0.15) is 11.5 Å². The van der Waals surface area contributed by atoms with Crippen molar-refractivity contribution in [1.82, 2.24) is 15.5 Å². The Morgan fingerprint density at radius 3 is 2.65 bits per heavy atom. The fourth-order valence-corrected chi connectivity index (χ4v) is 1.30. The molecule has 0 fully saturated rings. The fourth-order valence-electron chi connectivity index (χ4n) is 1.30. The van der Waals surface area contributed by atoms with Crippen LogP contribution in [0, 0.1) is 0 Å². The first-order valence-electron chi connectivity index (χ1n) is 6.15. The summed E-state index contributed by atoms with van der Waals surface area (Å²) in [6.45, 7) is 8.42. The molecule has 2 rings (SSSR count). The van der Waals surface area contributed by atoms with Gasteiger partial charge in [-0.1, -0.05) is 20.8 Å². The quantitative estimate of drug-likeness (QED) is 0.863. The number of nitrogens with zero attached hydrogens (tertiary/aromatic N) is 3. The van der Waals surface area contributed by atoms with Crippen LogP contribution in [0.25, 0.3) is 0 Å². The Bertz CT molecular complexity index is 348. The molecule has 0 atom stereocenters. The van der Waals surface area contributed by atoms with E-state index >= 15 is 0 Å². The summed E-state index contributed by atoms with van der Waals surface area (Å²) in [6, 6.07) is 3.69. The van der Waals surface area contributed by atoms with Gasteiger partial charge in [0, 0.05) is 12.6 Å². The summed E-state index contributed by atoms with van der Waals surface area (Å²) >= 11 is 0. The van der Waals surface area contributed by atoms with Crippen molar-refractivity contribution in [2.75, 3.05) is 19.7 Å². The van der Waals surface area contributed by atoms with Gasteiger partial charge in [0.05, 0.1) is 13.2 Å². The monoisotopic (exact) mass is 236 g/mol. The molecule has 0 spiro atoms. The first-order chi connectivity index (χ1) is 8.40. The Morgan fingerprint density at radius 1 is 1.29 bits per heavy atom. The van der Waals surface area contributed by atoms with Gasteiger partial charge in [-0.25, -0.2) is 0 Å². The molecule has 0 saturated carbocycles. The van der Waals surface area contributed by atoms with E-state index in [4.69, 9.17) is 4.74 Å². The highest BCUT2D eigenvalue weighted by Gasteiger charge is 2.09. The number of nitrogens with one attached hydrogen (secondary N) is 1. The molecule has 2 heterocycles. The average Bonchev–Trinajstić information content (AvgIpc) is 2.93. The van der Waals surface area contributed by atoms with Crippen molar-refractivity contribution in [3.8, 4) is 5.88 Å². The van der Waals surface area contributed by atoms with E-state index in [1.165, 1.54) is 0 Å². The van der Waals surface area contributed by atoms with Crippen LogP contribution in [0.5, 0.6) is 5.88 Å². The van der Waals surface area contributed by atoms with E-state index in [-0.39, 0.29) is 0 Å². The summed E-state index contributed by atoms with van der Waals surface area (Å²) < 4.78 is 5.34. The minimum atomic E-state index is 0.569. The summed E-state index contributed by atoms with van der Waals surface area (Å²) in [7, 11) is 0. The lowest BCUT2D eigenvalue weighted by Gasteiger charge is -2.03. The molecule has 1 aromatic rings. The Balaban J connectivity index is 0.000000686. The van der Waals surface area contributed by atoms with Crippen molar-refractivity contribution in [3.05, 3.63) is 17.8 Å². The number of aromatic nitrogens is 2. The molecule has 1 aliphatic heterocycles. The smallest absolute Gasteiger partial charge is 0.233 e. The zero-order chi connectivity index (χ0) is 12.5. The standard InChI is InChI=1S/C10H14N4O.C2H6/c1-2-7-15-9-4-3-8(13-14-9)10-11-5-6-12-10;1-2/h3-4H,2,5-7H2,1H3,(H,11,12);1-2H3. The third-order valence-electron chi connectivity index (χ3n) is 2.01. The van der Waals surface area contributed by atoms with Gasteiger partial charge >= 0.3 is 0 Å². The number of hydrogen-bond donors (Lipinski definition) is 1. The minimum absolute atomic E-state index is 0.569. The maximum atomic E-state index is 5.34. The third kappa shape index (κ3) is 4.01. The Morgan fingerprint density at radius 2 is 2.12 bits per heavy atom. The van der Waals surface area contributed by atoms with Crippen molar-refractivity contribution in [1.29, 1.82) is 0 Å². The molecule has 0 radical (unpaired) electrons. The highest BCUT2D eigenvalue weighted by Crippen LogP contribution is 2.06.